The Morgan fingerprint density at radius 2 is 2.37 bits per heavy atom. The summed E-state index contributed by atoms with van der Waals surface area (Å²) in [6.07, 6.45) is 3.88. The molecular weight excluding hydrogens is 256 g/mol. The minimum atomic E-state index is -0.655. The van der Waals surface area contributed by atoms with Crippen LogP contribution < -0.4 is 5.73 Å². The van der Waals surface area contributed by atoms with E-state index < -0.39 is 5.54 Å². The third kappa shape index (κ3) is 3.00. The van der Waals surface area contributed by atoms with Crippen LogP contribution in [-0.2, 0) is 4.79 Å². The number of rotatable bonds is 3. The first-order valence-electron chi connectivity index (χ1n) is 7.03. The van der Waals surface area contributed by atoms with Gasteiger partial charge in [0.1, 0.15) is 0 Å². The van der Waals surface area contributed by atoms with Gasteiger partial charge in [-0.1, -0.05) is 25.8 Å². The number of nitrogens with zero attached hydrogens (tertiary/aromatic N) is 1. The zero-order valence-corrected chi connectivity index (χ0v) is 12.9. The molecule has 1 heterocycles. The molecule has 1 aromatic rings. The molecule has 1 aromatic heterocycles. The van der Waals surface area contributed by atoms with E-state index in [-0.39, 0.29) is 11.9 Å². The van der Waals surface area contributed by atoms with E-state index in [0.29, 0.717) is 5.92 Å². The molecule has 1 saturated carbocycles. The largest absolute Gasteiger partial charge is 0.337 e. The molecule has 2 rings (SSSR count). The summed E-state index contributed by atoms with van der Waals surface area (Å²) >= 11 is 1.69. The van der Waals surface area contributed by atoms with Crippen LogP contribution in [0.3, 0.4) is 0 Å². The molecule has 3 unspecified atom stereocenters. The van der Waals surface area contributed by atoms with Crippen molar-refractivity contribution in [3.63, 3.8) is 0 Å². The first-order chi connectivity index (χ1) is 8.94. The monoisotopic (exact) mass is 280 g/mol. The fraction of sp³-hybridized carbons (Fsp3) is 0.667. The van der Waals surface area contributed by atoms with Crippen LogP contribution in [0.1, 0.15) is 50.4 Å². The van der Waals surface area contributed by atoms with E-state index in [2.05, 4.69) is 19.9 Å². The van der Waals surface area contributed by atoms with E-state index in [1.165, 1.54) is 11.3 Å². The van der Waals surface area contributed by atoms with Crippen molar-refractivity contribution in [3.05, 3.63) is 22.4 Å². The van der Waals surface area contributed by atoms with E-state index in [0.717, 1.165) is 19.3 Å². The first-order valence-corrected chi connectivity index (χ1v) is 7.91. The number of likely N-dealkylation sites (N-methyl/N-ethyl adjacent to an activating group) is 1. The highest BCUT2D eigenvalue weighted by Crippen LogP contribution is 2.34. The van der Waals surface area contributed by atoms with Gasteiger partial charge in [-0.3, -0.25) is 4.79 Å². The Morgan fingerprint density at radius 3 is 2.95 bits per heavy atom. The summed E-state index contributed by atoms with van der Waals surface area (Å²) in [4.78, 5) is 15.7. The number of hydrogen-bond donors (Lipinski definition) is 1. The molecule has 0 aliphatic heterocycles. The lowest BCUT2D eigenvalue weighted by molar-refractivity contribution is -0.139. The number of carbonyl (C=O) groups excluding carboxylic acids is 1. The maximum absolute atomic E-state index is 12.7. The highest BCUT2D eigenvalue weighted by molar-refractivity contribution is 7.10. The van der Waals surface area contributed by atoms with Crippen LogP contribution >= 0.6 is 11.3 Å². The Morgan fingerprint density at radius 1 is 1.63 bits per heavy atom. The molecule has 1 fully saturated rings. The van der Waals surface area contributed by atoms with Gasteiger partial charge in [0, 0.05) is 11.9 Å². The van der Waals surface area contributed by atoms with Crippen LogP contribution in [0.4, 0.5) is 0 Å². The van der Waals surface area contributed by atoms with E-state index in [1.807, 2.05) is 23.4 Å². The van der Waals surface area contributed by atoms with Crippen LogP contribution in [0.5, 0.6) is 0 Å². The molecule has 0 aromatic carbocycles. The van der Waals surface area contributed by atoms with Gasteiger partial charge in [-0.25, -0.2) is 0 Å². The van der Waals surface area contributed by atoms with Gasteiger partial charge in [-0.15, -0.1) is 11.3 Å². The minimum Gasteiger partial charge on any atom is -0.337 e. The molecule has 1 aliphatic rings. The molecule has 19 heavy (non-hydrogen) atoms. The molecule has 3 nitrogen and oxygen atoms in total. The van der Waals surface area contributed by atoms with Gasteiger partial charge in [0.15, 0.2) is 0 Å². The van der Waals surface area contributed by atoms with Gasteiger partial charge in [-0.2, -0.15) is 0 Å². The molecule has 0 spiro atoms. The lowest BCUT2D eigenvalue weighted by Crippen LogP contribution is -2.56. The summed E-state index contributed by atoms with van der Waals surface area (Å²) in [5, 5.41) is 2.05. The summed E-state index contributed by atoms with van der Waals surface area (Å²) < 4.78 is 0. The van der Waals surface area contributed by atoms with Crippen molar-refractivity contribution >= 4 is 17.2 Å². The quantitative estimate of drug-likeness (QED) is 0.924. The normalized spacial score (nSPS) is 28.9. The number of thiophene rings is 1. The van der Waals surface area contributed by atoms with Crippen molar-refractivity contribution in [1.82, 2.24) is 4.90 Å². The number of hydrogen-bond acceptors (Lipinski definition) is 3. The smallest absolute Gasteiger partial charge is 0.242 e. The summed E-state index contributed by atoms with van der Waals surface area (Å²) in [5.74, 6) is 0.646. The lowest BCUT2D eigenvalue weighted by atomic mass is 9.76. The molecule has 3 atom stereocenters. The summed E-state index contributed by atoms with van der Waals surface area (Å²) in [6, 6.07) is 4.20. The predicted molar refractivity (Wildman–Crippen MR) is 80.1 cm³/mol. The van der Waals surface area contributed by atoms with Gasteiger partial charge in [0.05, 0.1) is 11.6 Å². The van der Waals surface area contributed by atoms with Crippen LogP contribution in [0, 0.1) is 5.92 Å². The Hall–Kier alpha value is -0.870. The average molecular weight is 280 g/mol. The second-order valence-electron chi connectivity index (χ2n) is 5.97. The lowest BCUT2D eigenvalue weighted by Gasteiger charge is -2.39. The molecule has 0 saturated heterocycles. The molecule has 4 heteroatoms. The molecule has 0 bridgehead atoms. The van der Waals surface area contributed by atoms with Crippen molar-refractivity contribution in [1.29, 1.82) is 0 Å². The zero-order chi connectivity index (χ0) is 14.0. The minimum absolute atomic E-state index is 0.0972. The van der Waals surface area contributed by atoms with Gasteiger partial charge >= 0.3 is 0 Å². The average Bonchev–Trinajstić information content (AvgIpc) is 2.89. The number of nitrogens with two attached hydrogens (primary N) is 1. The van der Waals surface area contributed by atoms with Crippen molar-refractivity contribution in [2.24, 2.45) is 11.7 Å². The van der Waals surface area contributed by atoms with Crippen LogP contribution in [0.25, 0.3) is 0 Å². The predicted octanol–water partition coefficient (Wildman–Crippen LogP) is 3.18. The summed E-state index contributed by atoms with van der Waals surface area (Å²) in [7, 11) is 1.88. The maximum Gasteiger partial charge on any atom is 0.242 e. The summed E-state index contributed by atoms with van der Waals surface area (Å²) in [6.45, 7) is 4.26. The third-order valence-corrected chi connectivity index (χ3v) is 5.36. The van der Waals surface area contributed by atoms with Crippen molar-refractivity contribution in [3.8, 4) is 0 Å². The van der Waals surface area contributed by atoms with Crippen molar-refractivity contribution in [2.75, 3.05) is 7.05 Å². The standard InChI is InChI=1S/C15H24N2OS/c1-11-6-4-8-15(16,10-11)14(18)17(3)12(2)13-7-5-9-19-13/h5,7,9,11-12H,4,6,8,10,16H2,1-3H3. The topological polar surface area (TPSA) is 46.3 Å². The molecule has 1 aliphatic carbocycles. The van der Waals surface area contributed by atoms with Gasteiger partial charge in [0.25, 0.3) is 0 Å². The fourth-order valence-corrected chi connectivity index (χ4v) is 3.86. The highest BCUT2D eigenvalue weighted by Gasteiger charge is 2.40. The second kappa shape index (κ2) is 5.63. The molecule has 106 valence electrons. The Balaban J connectivity index is 2.10. The molecule has 1 amide bonds. The van der Waals surface area contributed by atoms with E-state index in [1.54, 1.807) is 11.3 Å². The Kier molecular flexibility index (Phi) is 4.31. The number of amides is 1. The first kappa shape index (κ1) is 14.5. The summed E-state index contributed by atoms with van der Waals surface area (Å²) in [5.41, 5.74) is 5.74. The second-order valence-corrected chi connectivity index (χ2v) is 6.94. The van der Waals surface area contributed by atoms with Crippen molar-refractivity contribution < 1.29 is 4.79 Å². The van der Waals surface area contributed by atoms with Crippen LogP contribution in [0.15, 0.2) is 17.5 Å². The molecule has 0 radical (unpaired) electrons. The van der Waals surface area contributed by atoms with Gasteiger partial charge in [0.2, 0.25) is 5.91 Å². The van der Waals surface area contributed by atoms with Crippen LogP contribution in [0.2, 0.25) is 0 Å². The molecule has 2 N–H and O–H groups in total. The van der Waals surface area contributed by atoms with E-state index in [9.17, 15) is 4.79 Å². The third-order valence-electron chi connectivity index (χ3n) is 4.31. The van der Waals surface area contributed by atoms with Crippen molar-refractivity contribution in [2.45, 2.75) is 51.1 Å². The highest BCUT2D eigenvalue weighted by atomic mass is 32.1. The van der Waals surface area contributed by atoms with Gasteiger partial charge in [-0.05, 0) is 37.1 Å². The Bertz CT molecular complexity index is 431. The van der Waals surface area contributed by atoms with E-state index in [4.69, 9.17) is 5.73 Å². The zero-order valence-electron chi connectivity index (χ0n) is 12.1. The fourth-order valence-electron chi connectivity index (χ4n) is 3.03. The SMILES string of the molecule is CC1CCCC(N)(C(=O)N(C)C(C)c2cccs2)C1. The van der Waals surface area contributed by atoms with Gasteiger partial charge < -0.3 is 10.6 Å². The Labute approximate surface area is 119 Å². The maximum atomic E-state index is 12.7. The van der Waals surface area contributed by atoms with Crippen LogP contribution in [-0.4, -0.2) is 23.4 Å². The van der Waals surface area contributed by atoms with E-state index >= 15 is 0 Å². The molecular formula is C15H24N2OS. The number of carbonyl (C=O) groups is 1.